The molecule has 1 fully saturated rings. The van der Waals surface area contributed by atoms with Gasteiger partial charge in [-0.2, -0.15) is 0 Å². The topological polar surface area (TPSA) is 60.4 Å². The van der Waals surface area contributed by atoms with Crippen molar-refractivity contribution < 1.29 is 17.9 Å². The number of rotatable bonds is 4. The average Bonchev–Trinajstić information content (AvgIpc) is 2.41. The molecule has 1 unspecified atom stereocenters. The molecule has 15 heavy (non-hydrogen) atoms. The molecule has 6 heteroatoms. The molecule has 0 aromatic heterocycles. The molecule has 1 aliphatic heterocycles. The van der Waals surface area contributed by atoms with Crippen LogP contribution in [0.2, 0.25) is 0 Å². The number of ether oxygens (including phenoxy) is 1. The summed E-state index contributed by atoms with van der Waals surface area (Å²) in [6, 6.07) is 0. The Morgan fingerprint density at radius 2 is 2.20 bits per heavy atom. The Hall–Kier alpha value is -0.230. The molecule has 0 aliphatic carbocycles. The van der Waals surface area contributed by atoms with Crippen molar-refractivity contribution in [3.8, 4) is 0 Å². The van der Waals surface area contributed by atoms with Gasteiger partial charge in [-0.25, -0.2) is 8.42 Å². The number of carbonyl (C=O) groups is 1. The van der Waals surface area contributed by atoms with Crippen LogP contribution in [0.3, 0.4) is 0 Å². The van der Waals surface area contributed by atoms with E-state index in [4.69, 9.17) is 4.74 Å². The van der Waals surface area contributed by atoms with Gasteiger partial charge >= 0.3 is 5.97 Å². The lowest BCUT2D eigenvalue weighted by atomic mass is 10.4. The lowest BCUT2D eigenvalue weighted by molar-refractivity contribution is -0.144. The minimum absolute atomic E-state index is 0.0645. The Kier molecular flexibility index (Phi) is 4.45. The van der Waals surface area contributed by atoms with Crippen molar-refractivity contribution in [1.29, 1.82) is 0 Å². The Bertz CT molecular complexity index is 321. The van der Waals surface area contributed by atoms with Crippen LogP contribution in [0.4, 0.5) is 0 Å². The van der Waals surface area contributed by atoms with Crippen LogP contribution >= 0.6 is 11.8 Å². The Morgan fingerprint density at radius 1 is 1.53 bits per heavy atom. The minimum atomic E-state index is -2.84. The molecule has 1 aliphatic rings. The summed E-state index contributed by atoms with van der Waals surface area (Å²) >= 11 is 1.38. The number of sulfone groups is 1. The second-order valence-electron chi connectivity index (χ2n) is 3.87. The van der Waals surface area contributed by atoms with Crippen molar-refractivity contribution in [2.45, 2.75) is 31.6 Å². The van der Waals surface area contributed by atoms with E-state index in [-0.39, 0.29) is 34.6 Å². The van der Waals surface area contributed by atoms with Gasteiger partial charge < -0.3 is 4.74 Å². The van der Waals surface area contributed by atoms with Gasteiger partial charge in [0.2, 0.25) is 0 Å². The number of thioether (sulfide) groups is 1. The smallest absolute Gasteiger partial charge is 0.316 e. The van der Waals surface area contributed by atoms with Crippen LogP contribution in [-0.2, 0) is 19.4 Å². The molecule has 0 spiro atoms. The van der Waals surface area contributed by atoms with Gasteiger partial charge in [-0.1, -0.05) is 0 Å². The molecule has 0 saturated carbocycles. The standard InChI is InChI=1S/C9H16O4S2/c1-7(2)13-9(10)5-14-8-3-4-15(11,12)6-8/h7-8H,3-6H2,1-2H3. The minimum Gasteiger partial charge on any atom is -0.462 e. The maximum Gasteiger partial charge on any atom is 0.316 e. The summed E-state index contributed by atoms with van der Waals surface area (Å²) in [5, 5.41) is 0.0645. The van der Waals surface area contributed by atoms with Gasteiger partial charge in [0.05, 0.1) is 23.4 Å². The molecule has 88 valence electrons. The van der Waals surface area contributed by atoms with Gasteiger partial charge in [-0.15, -0.1) is 11.8 Å². The maximum atomic E-state index is 11.2. The van der Waals surface area contributed by atoms with Gasteiger partial charge in [0.1, 0.15) is 0 Å². The first kappa shape index (κ1) is 12.8. The van der Waals surface area contributed by atoms with Crippen LogP contribution in [0, 0.1) is 0 Å². The average molecular weight is 252 g/mol. The van der Waals surface area contributed by atoms with Crippen molar-refractivity contribution >= 4 is 27.6 Å². The first-order valence-corrected chi connectivity index (χ1v) is 7.77. The van der Waals surface area contributed by atoms with Crippen LogP contribution < -0.4 is 0 Å². The van der Waals surface area contributed by atoms with E-state index < -0.39 is 9.84 Å². The zero-order chi connectivity index (χ0) is 11.5. The molecule has 0 radical (unpaired) electrons. The SMILES string of the molecule is CC(C)OC(=O)CSC1CCS(=O)(=O)C1. The Morgan fingerprint density at radius 3 is 2.67 bits per heavy atom. The number of hydrogen-bond donors (Lipinski definition) is 0. The van der Waals surface area contributed by atoms with Crippen LogP contribution in [0.15, 0.2) is 0 Å². The predicted molar refractivity (Wildman–Crippen MR) is 60.7 cm³/mol. The van der Waals surface area contributed by atoms with E-state index in [9.17, 15) is 13.2 Å². The van der Waals surface area contributed by atoms with Crippen LogP contribution in [0.5, 0.6) is 0 Å². The number of esters is 1. The molecule has 1 saturated heterocycles. The predicted octanol–water partition coefficient (Wildman–Crippen LogP) is 0.858. The lowest BCUT2D eigenvalue weighted by Gasteiger charge is -2.09. The van der Waals surface area contributed by atoms with Crippen LogP contribution in [-0.4, -0.2) is 43.0 Å². The molecular formula is C9H16O4S2. The summed E-state index contributed by atoms with van der Waals surface area (Å²) in [6.07, 6.45) is 0.549. The molecule has 1 atom stereocenters. The Balaban J connectivity index is 2.24. The van der Waals surface area contributed by atoms with E-state index in [1.807, 2.05) is 0 Å². The normalized spacial score (nSPS) is 24.3. The highest BCUT2D eigenvalue weighted by Gasteiger charge is 2.28. The van der Waals surface area contributed by atoms with Crippen molar-refractivity contribution in [2.75, 3.05) is 17.3 Å². The summed E-state index contributed by atoms with van der Waals surface area (Å²) in [5.41, 5.74) is 0. The third kappa shape index (κ3) is 4.88. The van der Waals surface area contributed by atoms with Crippen LogP contribution in [0.25, 0.3) is 0 Å². The van der Waals surface area contributed by atoms with Gasteiger partial charge in [-0.05, 0) is 20.3 Å². The van der Waals surface area contributed by atoms with E-state index in [1.54, 1.807) is 13.8 Å². The first-order valence-electron chi connectivity index (χ1n) is 4.90. The van der Waals surface area contributed by atoms with Crippen molar-refractivity contribution in [3.05, 3.63) is 0 Å². The van der Waals surface area contributed by atoms with Crippen molar-refractivity contribution in [1.82, 2.24) is 0 Å². The molecule has 0 aromatic carbocycles. The van der Waals surface area contributed by atoms with Gasteiger partial charge in [0.15, 0.2) is 9.84 Å². The van der Waals surface area contributed by atoms with E-state index in [0.717, 1.165) is 0 Å². The first-order chi connectivity index (χ1) is 6.89. The largest absolute Gasteiger partial charge is 0.462 e. The fraction of sp³-hybridized carbons (Fsp3) is 0.889. The number of hydrogen-bond acceptors (Lipinski definition) is 5. The quantitative estimate of drug-likeness (QED) is 0.694. The maximum absolute atomic E-state index is 11.2. The second kappa shape index (κ2) is 5.21. The number of carbonyl (C=O) groups excluding carboxylic acids is 1. The fourth-order valence-electron chi connectivity index (χ4n) is 1.38. The summed E-state index contributed by atoms with van der Waals surface area (Å²) in [7, 11) is -2.84. The van der Waals surface area contributed by atoms with Gasteiger partial charge in [0.25, 0.3) is 0 Å². The van der Waals surface area contributed by atoms with E-state index in [2.05, 4.69) is 0 Å². The molecule has 0 amide bonds. The van der Waals surface area contributed by atoms with Gasteiger partial charge in [-0.3, -0.25) is 4.79 Å². The summed E-state index contributed by atoms with van der Waals surface area (Å²) in [5.74, 6) is 0.439. The molecule has 1 heterocycles. The highest BCUT2D eigenvalue weighted by Crippen LogP contribution is 2.24. The van der Waals surface area contributed by atoms with Crippen molar-refractivity contribution in [2.24, 2.45) is 0 Å². The molecule has 0 aromatic rings. The van der Waals surface area contributed by atoms with Crippen molar-refractivity contribution in [3.63, 3.8) is 0 Å². The second-order valence-corrected chi connectivity index (χ2v) is 7.39. The molecule has 0 N–H and O–H groups in total. The molecule has 0 bridgehead atoms. The zero-order valence-corrected chi connectivity index (χ0v) is 10.6. The summed E-state index contributed by atoms with van der Waals surface area (Å²) in [6.45, 7) is 3.59. The van der Waals surface area contributed by atoms with E-state index in [0.29, 0.717) is 6.42 Å². The Labute approximate surface area is 94.7 Å². The summed E-state index contributed by atoms with van der Waals surface area (Å²) in [4.78, 5) is 11.2. The van der Waals surface area contributed by atoms with Crippen LogP contribution in [0.1, 0.15) is 20.3 Å². The molecular weight excluding hydrogens is 236 g/mol. The zero-order valence-electron chi connectivity index (χ0n) is 8.93. The molecule has 1 rings (SSSR count). The molecule has 4 nitrogen and oxygen atoms in total. The van der Waals surface area contributed by atoms with E-state index in [1.165, 1.54) is 11.8 Å². The lowest BCUT2D eigenvalue weighted by Crippen LogP contribution is -2.16. The van der Waals surface area contributed by atoms with E-state index >= 15 is 0 Å². The third-order valence-corrected chi connectivity index (χ3v) is 5.25. The highest BCUT2D eigenvalue weighted by atomic mass is 32.2. The monoisotopic (exact) mass is 252 g/mol. The highest BCUT2D eigenvalue weighted by molar-refractivity contribution is 8.02. The summed E-state index contributed by atoms with van der Waals surface area (Å²) < 4.78 is 27.2. The van der Waals surface area contributed by atoms with Gasteiger partial charge in [0, 0.05) is 5.25 Å². The third-order valence-electron chi connectivity index (χ3n) is 1.99. The fourth-order valence-corrected chi connectivity index (χ4v) is 4.80.